The Bertz CT molecular complexity index is 385. The highest BCUT2D eigenvalue weighted by Gasteiger charge is 2.15. The van der Waals surface area contributed by atoms with Crippen molar-refractivity contribution in [3.05, 3.63) is 18.2 Å². The maximum atomic E-state index is 4.66. The Morgan fingerprint density at radius 2 is 1.72 bits per heavy atom. The average molecular weight is 249 g/mol. The molecule has 1 aromatic rings. The molecule has 3 nitrogen and oxygen atoms in total. The summed E-state index contributed by atoms with van der Waals surface area (Å²) in [6.45, 7) is 14.1. The number of aromatic nitrogens is 1. The zero-order chi connectivity index (χ0) is 14.0. The summed E-state index contributed by atoms with van der Waals surface area (Å²) in [5.41, 5.74) is 0.304. The molecule has 1 N–H and O–H groups in total. The van der Waals surface area contributed by atoms with Crippen LogP contribution in [0.4, 0.5) is 11.6 Å². The molecule has 0 bridgehead atoms. The second-order valence-electron chi connectivity index (χ2n) is 7.17. The van der Waals surface area contributed by atoms with E-state index in [0.29, 0.717) is 0 Å². The smallest absolute Gasteiger partial charge is 0.130 e. The molecule has 0 amide bonds. The summed E-state index contributed by atoms with van der Waals surface area (Å²) < 4.78 is 0. The summed E-state index contributed by atoms with van der Waals surface area (Å²) >= 11 is 0. The Hall–Kier alpha value is -1.25. The van der Waals surface area contributed by atoms with E-state index in [9.17, 15) is 0 Å². The van der Waals surface area contributed by atoms with Gasteiger partial charge in [0.15, 0.2) is 0 Å². The van der Waals surface area contributed by atoms with E-state index < -0.39 is 0 Å². The molecule has 0 aromatic carbocycles. The molecule has 0 unspecified atom stereocenters. The highest BCUT2D eigenvalue weighted by atomic mass is 15.2. The van der Waals surface area contributed by atoms with Crippen molar-refractivity contribution in [3.8, 4) is 0 Å². The first-order chi connectivity index (χ1) is 8.07. The maximum absolute atomic E-state index is 4.66. The van der Waals surface area contributed by atoms with Crippen molar-refractivity contribution in [3.63, 3.8) is 0 Å². The van der Waals surface area contributed by atoms with E-state index >= 15 is 0 Å². The minimum atomic E-state index is 0.0359. The lowest BCUT2D eigenvalue weighted by Crippen LogP contribution is -2.30. The fourth-order valence-electron chi connectivity index (χ4n) is 1.88. The third-order valence-electron chi connectivity index (χ3n) is 2.34. The van der Waals surface area contributed by atoms with Crippen LogP contribution in [-0.4, -0.2) is 24.1 Å². The lowest BCUT2D eigenvalue weighted by molar-refractivity contribution is 0.418. The van der Waals surface area contributed by atoms with Gasteiger partial charge in [0.05, 0.1) is 0 Å². The van der Waals surface area contributed by atoms with Crippen molar-refractivity contribution >= 4 is 11.6 Å². The third-order valence-corrected chi connectivity index (χ3v) is 2.34. The fraction of sp³-hybridized carbons (Fsp3) is 0.667. The monoisotopic (exact) mass is 249 g/mol. The molecule has 0 fully saturated rings. The van der Waals surface area contributed by atoms with Gasteiger partial charge in [-0.15, -0.1) is 0 Å². The van der Waals surface area contributed by atoms with Crippen LogP contribution in [0.1, 0.15) is 41.5 Å². The number of anilines is 2. The van der Waals surface area contributed by atoms with Crippen LogP contribution in [0.15, 0.2) is 18.2 Å². The Morgan fingerprint density at radius 3 is 2.22 bits per heavy atom. The second-order valence-corrected chi connectivity index (χ2v) is 7.17. The predicted molar refractivity (Wildman–Crippen MR) is 80.3 cm³/mol. The number of pyridine rings is 1. The van der Waals surface area contributed by atoms with Crippen molar-refractivity contribution in [2.45, 2.75) is 47.1 Å². The van der Waals surface area contributed by atoms with Crippen molar-refractivity contribution in [1.82, 2.24) is 4.98 Å². The lowest BCUT2D eigenvalue weighted by Gasteiger charge is -2.28. The first-order valence-electron chi connectivity index (χ1n) is 6.53. The molecule has 0 aliphatic carbocycles. The van der Waals surface area contributed by atoms with E-state index in [1.165, 1.54) is 0 Å². The van der Waals surface area contributed by atoms with Gasteiger partial charge in [0.25, 0.3) is 0 Å². The highest BCUT2D eigenvalue weighted by molar-refractivity contribution is 5.47. The SMILES string of the molecule is CN(CC(C)(C)C)c1cccc(NC(C)(C)C)n1. The van der Waals surface area contributed by atoms with Crippen LogP contribution in [0.3, 0.4) is 0 Å². The van der Waals surface area contributed by atoms with Gasteiger partial charge in [-0.05, 0) is 38.3 Å². The van der Waals surface area contributed by atoms with Crippen molar-refractivity contribution in [1.29, 1.82) is 0 Å². The summed E-state index contributed by atoms with van der Waals surface area (Å²) in [5.74, 6) is 1.94. The molecule has 0 spiro atoms. The van der Waals surface area contributed by atoms with Gasteiger partial charge < -0.3 is 10.2 Å². The fourth-order valence-corrected chi connectivity index (χ4v) is 1.88. The minimum absolute atomic E-state index is 0.0359. The van der Waals surface area contributed by atoms with E-state index in [1.54, 1.807) is 0 Å². The predicted octanol–water partition coefficient (Wildman–Crippen LogP) is 3.77. The van der Waals surface area contributed by atoms with Crippen LogP contribution < -0.4 is 10.2 Å². The molecule has 0 atom stereocenters. The van der Waals surface area contributed by atoms with Gasteiger partial charge in [0, 0.05) is 19.1 Å². The van der Waals surface area contributed by atoms with Crippen LogP contribution >= 0.6 is 0 Å². The lowest BCUT2D eigenvalue weighted by atomic mass is 9.96. The number of nitrogens with one attached hydrogen (secondary N) is 1. The summed E-state index contributed by atoms with van der Waals surface area (Å²) in [5, 5.41) is 3.40. The van der Waals surface area contributed by atoms with Gasteiger partial charge >= 0.3 is 0 Å². The van der Waals surface area contributed by atoms with Gasteiger partial charge in [-0.3, -0.25) is 0 Å². The van der Waals surface area contributed by atoms with E-state index in [1.807, 2.05) is 6.07 Å². The summed E-state index contributed by atoms with van der Waals surface area (Å²) in [7, 11) is 2.09. The quantitative estimate of drug-likeness (QED) is 0.883. The van der Waals surface area contributed by atoms with Gasteiger partial charge in [0.1, 0.15) is 11.6 Å². The average Bonchev–Trinajstić information content (AvgIpc) is 2.12. The van der Waals surface area contributed by atoms with Crippen molar-refractivity contribution in [2.75, 3.05) is 23.8 Å². The molecule has 0 aliphatic rings. The molecule has 1 rings (SSSR count). The summed E-state index contributed by atoms with van der Waals surface area (Å²) in [4.78, 5) is 6.86. The maximum Gasteiger partial charge on any atom is 0.130 e. The van der Waals surface area contributed by atoms with Gasteiger partial charge in [-0.2, -0.15) is 0 Å². The number of hydrogen-bond donors (Lipinski definition) is 1. The zero-order valence-electron chi connectivity index (χ0n) is 12.8. The Morgan fingerprint density at radius 1 is 1.11 bits per heavy atom. The number of nitrogens with zero attached hydrogens (tertiary/aromatic N) is 2. The van der Waals surface area contributed by atoms with Crippen molar-refractivity contribution in [2.24, 2.45) is 5.41 Å². The van der Waals surface area contributed by atoms with Crippen LogP contribution in [0.25, 0.3) is 0 Å². The first-order valence-corrected chi connectivity index (χ1v) is 6.53. The van der Waals surface area contributed by atoms with Gasteiger partial charge in [-0.1, -0.05) is 26.8 Å². The third kappa shape index (κ3) is 5.39. The van der Waals surface area contributed by atoms with Gasteiger partial charge in [0.2, 0.25) is 0 Å². The molecule has 0 saturated heterocycles. The summed E-state index contributed by atoms with van der Waals surface area (Å²) in [6.07, 6.45) is 0. The Kier molecular flexibility index (Phi) is 4.25. The minimum Gasteiger partial charge on any atom is -0.365 e. The van der Waals surface area contributed by atoms with Crippen LogP contribution in [0.2, 0.25) is 0 Å². The first kappa shape index (κ1) is 14.8. The summed E-state index contributed by atoms with van der Waals surface area (Å²) in [6, 6.07) is 6.12. The largest absolute Gasteiger partial charge is 0.365 e. The van der Waals surface area contributed by atoms with Crippen LogP contribution in [0.5, 0.6) is 0 Å². The Labute approximate surface area is 112 Å². The Balaban J connectivity index is 2.82. The van der Waals surface area contributed by atoms with Crippen LogP contribution in [-0.2, 0) is 0 Å². The normalized spacial score (nSPS) is 12.4. The molecular weight excluding hydrogens is 222 g/mol. The second kappa shape index (κ2) is 5.17. The molecular formula is C15H27N3. The van der Waals surface area contributed by atoms with E-state index in [-0.39, 0.29) is 11.0 Å². The zero-order valence-corrected chi connectivity index (χ0v) is 12.8. The van der Waals surface area contributed by atoms with E-state index in [2.05, 4.69) is 75.9 Å². The molecule has 0 saturated carbocycles. The topological polar surface area (TPSA) is 28.2 Å². The van der Waals surface area contributed by atoms with Crippen LogP contribution in [0, 0.1) is 5.41 Å². The molecule has 1 aromatic heterocycles. The highest BCUT2D eigenvalue weighted by Crippen LogP contribution is 2.21. The van der Waals surface area contributed by atoms with Crippen molar-refractivity contribution < 1.29 is 0 Å². The standard InChI is InChI=1S/C15H27N3/c1-14(2,3)11-18(7)13-10-8-9-12(16-13)17-15(4,5)6/h8-10H,11H2,1-7H3,(H,16,17). The number of hydrogen-bond acceptors (Lipinski definition) is 3. The molecule has 18 heavy (non-hydrogen) atoms. The molecule has 102 valence electrons. The molecule has 3 heteroatoms. The van der Waals surface area contributed by atoms with E-state index in [4.69, 9.17) is 0 Å². The number of rotatable bonds is 3. The molecule has 0 aliphatic heterocycles. The van der Waals surface area contributed by atoms with Gasteiger partial charge in [-0.25, -0.2) is 4.98 Å². The molecule has 1 heterocycles. The molecule has 0 radical (unpaired) electrons. The van der Waals surface area contributed by atoms with E-state index in [0.717, 1.165) is 18.2 Å².